The van der Waals surface area contributed by atoms with Crippen LogP contribution in [0.2, 0.25) is 0 Å². The molecule has 0 spiro atoms. The van der Waals surface area contributed by atoms with Crippen LogP contribution in [-0.4, -0.2) is 33.5 Å². The number of allylic oxidation sites excluding steroid dienone is 1. The summed E-state index contributed by atoms with van der Waals surface area (Å²) >= 11 is 0. The molecule has 6 nitrogen and oxygen atoms in total. The Bertz CT molecular complexity index is 920. The molecule has 2 aromatic heterocycles. The number of nitrogens with zero attached hydrogens (tertiary/aromatic N) is 4. The number of hydrogen-bond acceptors (Lipinski definition) is 5. The van der Waals surface area contributed by atoms with E-state index in [-0.39, 0.29) is 10.5 Å². The molecule has 4 heterocycles. The molecule has 2 unspecified atom stereocenters. The van der Waals surface area contributed by atoms with Gasteiger partial charge in [-0.2, -0.15) is 10.4 Å². The minimum absolute atomic E-state index is 0.259. The van der Waals surface area contributed by atoms with Gasteiger partial charge in [-0.3, -0.25) is 0 Å². The first-order valence-electron chi connectivity index (χ1n) is 6.77. The fraction of sp³-hybridized carbons (Fsp3) is 0.357. The summed E-state index contributed by atoms with van der Waals surface area (Å²) in [6, 6.07) is 2.04. The maximum Gasteiger partial charge on any atom is 0.172 e. The molecule has 106 valence electrons. The lowest BCUT2D eigenvalue weighted by Gasteiger charge is -2.20. The molecular weight excluding hydrogens is 288 g/mol. The van der Waals surface area contributed by atoms with E-state index in [0.717, 1.165) is 17.6 Å². The lowest BCUT2D eigenvalue weighted by Crippen LogP contribution is -2.26. The Labute approximate surface area is 121 Å². The standard InChI is InChI=1S/C14H12N4O2S/c15-5-10-7-17-18-8-11(6-16-14(10)18)9-3-12-1-2-13(4-9)21(12,19)20/h3,6-8,12-13H,1-2,4H2. The van der Waals surface area contributed by atoms with E-state index in [9.17, 15) is 8.42 Å². The first kappa shape index (κ1) is 12.5. The van der Waals surface area contributed by atoms with Crippen molar-refractivity contribution in [3.05, 3.63) is 35.8 Å². The van der Waals surface area contributed by atoms with Gasteiger partial charge < -0.3 is 0 Å². The van der Waals surface area contributed by atoms with Crippen LogP contribution in [0.1, 0.15) is 30.4 Å². The van der Waals surface area contributed by atoms with E-state index in [2.05, 4.69) is 10.1 Å². The second-order valence-electron chi connectivity index (χ2n) is 5.50. The maximum absolute atomic E-state index is 12.1. The molecule has 0 aromatic carbocycles. The molecule has 0 N–H and O–H groups in total. The number of nitriles is 1. The predicted molar refractivity (Wildman–Crippen MR) is 76.0 cm³/mol. The van der Waals surface area contributed by atoms with Crippen LogP contribution in [0.4, 0.5) is 0 Å². The zero-order valence-electron chi connectivity index (χ0n) is 11.1. The van der Waals surface area contributed by atoms with Crippen LogP contribution in [0.3, 0.4) is 0 Å². The zero-order chi connectivity index (χ0) is 14.6. The molecule has 2 atom stereocenters. The summed E-state index contributed by atoms with van der Waals surface area (Å²) in [5.74, 6) is 0. The van der Waals surface area contributed by atoms with E-state index < -0.39 is 9.84 Å². The minimum atomic E-state index is -2.97. The Morgan fingerprint density at radius 3 is 2.95 bits per heavy atom. The van der Waals surface area contributed by atoms with Crippen molar-refractivity contribution in [1.82, 2.24) is 14.6 Å². The maximum atomic E-state index is 12.1. The normalized spacial score (nSPS) is 26.5. The summed E-state index contributed by atoms with van der Waals surface area (Å²) in [4.78, 5) is 4.28. The SMILES string of the molecule is N#Cc1cnn2cc(C3=CC4CCC(C3)S4(=O)=O)cnc12. The minimum Gasteiger partial charge on any atom is -0.235 e. The van der Waals surface area contributed by atoms with E-state index in [0.29, 0.717) is 24.1 Å². The van der Waals surface area contributed by atoms with Crippen molar-refractivity contribution in [3.63, 3.8) is 0 Å². The molecule has 21 heavy (non-hydrogen) atoms. The van der Waals surface area contributed by atoms with Crippen LogP contribution in [0.25, 0.3) is 11.2 Å². The van der Waals surface area contributed by atoms with Crippen LogP contribution < -0.4 is 0 Å². The summed E-state index contributed by atoms with van der Waals surface area (Å²) in [5.41, 5.74) is 2.85. The average Bonchev–Trinajstić information content (AvgIpc) is 2.89. The summed E-state index contributed by atoms with van der Waals surface area (Å²) in [7, 11) is -2.97. The van der Waals surface area contributed by atoms with Crippen LogP contribution in [0, 0.1) is 11.3 Å². The second-order valence-corrected chi connectivity index (χ2v) is 7.95. The predicted octanol–water partition coefficient (Wildman–Crippen LogP) is 1.33. The van der Waals surface area contributed by atoms with Crippen molar-refractivity contribution in [1.29, 1.82) is 5.26 Å². The molecule has 1 fully saturated rings. The van der Waals surface area contributed by atoms with Gasteiger partial charge in [0, 0.05) is 18.0 Å². The van der Waals surface area contributed by atoms with Crippen LogP contribution in [0.15, 0.2) is 24.7 Å². The second kappa shape index (κ2) is 4.15. The number of hydrogen-bond donors (Lipinski definition) is 0. The third-order valence-electron chi connectivity index (χ3n) is 4.34. The number of aromatic nitrogens is 3. The molecule has 4 rings (SSSR count). The third-order valence-corrected chi connectivity index (χ3v) is 6.89. The lowest BCUT2D eigenvalue weighted by atomic mass is 10.0. The quantitative estimate of drug-likeness (QED) is 0.793. The Morgan fingerprint density at radius 2 is 2.19 bits per heavy atom. The Balaban J connectivity index is 1.80. The molecule has 7 heteroatoms. The van der Waals surface area contributed by atoms with Crippen LogP contribution >= 0.6 is 0 Å². The fourth-order valence-electron chi connectivity index (χ4n) is 3.19. The van der Waals surface area contributed by atoms with Crippen molar-refractivity contribution in [3.8, 4) is 6.07 Å². The van der Waals surface area contributed by atoms with E-state index in [1.54, 1.807) is 10.7 Å². The summed E-state index contributed by atoms with van der Waals surface area (Å²) in [6.07, 6.45) is 8.84. The molecular formula is C14H12N4O2S. The molecule has 2 bridgehead atoms. The lowest BCUT2D eigenvalue weighted by molar-refractivity contribution is 0.585. The van der Waals surface area contributed by atoms with E-state index in [4.69, 9.17) is 5.26 Å². The van der Waals surface area contributed by atoms with Gasteiger partial charge in [0.1, 0.15) is 11.6 Å². The highest BCUT2D eigenvalue weighted by Gasteiger charge is 2.43. The van der Waals surface area contributed by atoms with Gasteiger partial charge in [-0.15, -0.1) is 0 Å². The molecule has 0 radical (unpaired) electrons. The van der Waals surface area contributed by atoms with Gasteiger partial charge in [0.05, 0.1) is 16.7 Å². The van der Waals surface area contributed by atoms with Crippen molar-refractivity contribution < 1.29 is 8.42 Å². The molecule has 0 aliphatic carbocycles. The van der Waals surface area contributed by atoms with Crippen molar-refractivity contribution >= 4 is 21.1 Å². The summed E-state index contributed by atoms with van der Waals surface area (Å²) in [5, 5.41) is 12.5. The average molecular weight is 300 g/mol. The molecule has 2 aliphatic rings. The first-order valence-corrected chi connectivity index (χ1v) is 8.38. The summed E-state index contributed by atoms with van der Waals surface area (Å²) < 4.78 is 25.8. The highest BCUT2D eigenvalue weighted by atomic mass is 32.2. The van der Waals surface area contributed by atoms with Gasteiger partial charge in [0.2, 0.25) is 0 Å². The van der Waals surface area contributed by atoms with Crippen LogP contribution in [0.5, 0.6) is 0 Å². The third kappa shape index (κ3) is 1.72. The monoisotopic (exact) mass is 300 g/mol. The molecule has 1 saturated heterocycles. The first-order chi connectivity index (χ1) is 10.1. The van der Waals surface area contributed by atoms with Crippen molar-refractivity contribution in [2.24, 2.45) is 0 Å². The largest absolute Gasteiger partial charge is 0.235 e. The summed E-state index contributed by atoms with van der Waals surface area (Å²) in [6.45, 7) is 0. The highest BCUT2D eigenvalue weighted by molar-refractivity contribution is 7.93. The van der Waals surface area contributed by atoms with Gasteiger partial charge in [0.25, 0.3) is 0 Å². The van der Waals surface area contributed by atoms with Gasteiger partial charge >= 0.3 is 0 Å². The van der Waals surface area contributed by atoms with Gasteiger partial charge in [0.15, 0.2) is 15.5 Å². The Hall–Kier alpha value is -2.20. The molecule has 0 amide bonds. The van der Waals surface area contributed by atoms with Crippen molar-refractivity contribution in [2.45, 2.75) is 29.8 Å². The van der Waals surface area contributed by atoms with Crippen molar-refractivity contribution in [2.75, 3.05) is 0 Å². The van der Waals surface area contributed by atoms with E-state index in [1.165, 1.54) is 6.20 Å². The number of rotatable bonds is 1. The Kier molecular flexibility index (Phi) is 2.48. The molecule has 0 saturated carbocycles. The molecule has 2 aliphatic heterocycles. The number of fused-ring (bicyclic) bond motifs is 3. The fourth-order valence-corrected chi connectivity index (χ4v) is 5.38. The number of sulfone groups is 1. The van der Waals surface area contributed by atoms with Crippen LogP contribution in [-0.2, 0) is 9.84 Å². The van der Waals surface area contributed by atoms with Gasteiger partial charge in [-0.05, 0) is 24.8 Å². The smallest absolute Gasteiger partial charge is 0.172 e. The zero-order valence-corrected chi connectivity index (χ0v) is 11.9. The van der Waals surface area contributed by atoms with Gasteiger partial charge in [-0.25, -0.2) is 17.9 Å². The van der Waals surface area contributed by atoms with Gasteiger partial charge in [-0.1, -0.05) is 6.08 Å². The molecule has 2 aromatic rings. The highest BCUT2D eigenvalue weighted by Crippen LogP contribution is 2.40. The Morgan fingerprint density at radius 1 is 1.33 bits per heavy atom. The topological polar surface area (TPSA) is 88.1 Å². The van der Waals surface area contributed by atoms with E-state index in [1.807, 2.05) is 18.3 Å². The van der Waals surface area contributed by atoms with E-state index >= 15 is 0 Å².